The smallest absolute Gasteiger partial charge is 0.143 e. The average molecular weight is 628 g/mol. The number of hydrogen-bond donors (Lipinski definition) is 0. The van der Waals surface area contributed by atoms with Gasteiger partial charge in [0, 0.05) is 33.1 Å². The minimum Gasteiger partial charge on any atom is -0.456 e. The molecule has 0 saturated heterocycles. The standard InChI is InChI=1S/C46H29NO2/c1-2-11-32-28-33(23-22-30(32)10-1)31-24-26-35(27-25-31)47(41-18-9-21-44-45(41)40-15-4-6-20-43(40)48-44)36-13-7-12-34(29-36)37-16-8-17-39-38-14-3-5-19-42(38)49-46(37)39/h1-29H. The van der Waals surface area contributed by atoms with E-state index in [4.69, 9.17) is 8.83 Å². The van der Waals surface area contributed by atoms with Crippen LogP contribution < -0.4 is 4.90 Å². The molecule has 0 spiro atoms. The number of rotatable bonds is 5. The molecule has 3 nitrogen and oxygen atoms in total. The van der Waals surface area contributed by atoms with E-state index in [1.165, 1.54) is 21.9 Å². The van der Waals surface area contributed by atoms with Crippen molar-refractivity contribution < 1.29 is 8.83 Å². The lowest BCUT2D eigenvalue weighted by Crippen LogP contribution is -2.10. The largest absolute Gasteiger partial charge is 0.456 e. The Morgan fingerprint density at radius 1 is 0.367 bits per heavy atom. The molecule has 49 heavy (non-hydrogen) atoms. The van der Waals surface area contributed by atoms with Crippen molar-refractivity contribution in [3.63, 3.8) is 0 Å². The maximum Gasteiger partial charge on any atom is 0.143 e. The fourth-order valence-corrected chi connectivity index (χ4v) is 7.33. The first-order chi connectivity index (χ1) is 24.3. The van der Waals surface area contributed by atoms with E-state index in [1.54, 1.807) is 0 Å². The van der Waals surface area contributed by atoms with E-state index in [-0.39, 0.29) is 0 Å². The van der Waals surface area contributed by atoms with Crippen molar-refractivity contribution in [3.8, 4) is 22.3 Å². The van der Waals surface area contributed by atoms with Gasteiger partial charge in [-0.1, -0.05) is 121 Å². The summed E-state index contributed by atoms with van der Waals surface area (Å²) in [7, 11) is 0. The molecule has 0 saturated carbocycles. The Kier molecular flexibility index (Phi) is 6.18. The summed E-state index contributed by atoms with van der Waals surface area (Å²) < 4.78 is 12.8. The third-order valence-corrected chi connectivity index (χ3v) is 9.65. The molecule has 0 unspecified atom stereocenters. The van der Waals surface area contributed by atoms with E-state index in [9.17, 15) is 0 Å². The van der Waals surface area contributed by atoms with Gasteiger partial charge in [-0.25, -0.2) is 0 Å². The highest BCUT2D eigenvalue weighted by molar-refractivity contribution is 6.14. The summed E-state index contributed by atoms with van der Waals surface area (Å²) in [5, 5.41) is 6.90. The van der Waals surface area contributed by atoms with Gasteiger partial charge in [-0.15, -0.1) is 0 Å². The Hall–Kier alpha value is -6.58. The van der Waals surface area contributed by atoms with Crippen molar-refractivity contribution in [2.75, 3.05) is 4.90 Å². The molecule has 10 rings (SSSR count). The minimum atomic E-state index is 0.861. The normalized spacial score (nSPS) is 11.7. The van der Waals surface area contributed by atoms with E-state index < -0.39 is 0 Å². The van der Waals surface area contributed by atoms with Gasteiger partial charge in [0.15, 0.2) is 0 Å². The van der Waals surface area contributed by atoms with Crippen LogP contribution in [0.1, 0.15) is 0 Å². The second kappa shape index (κ2) is 11.0. The average Bonchev–Trinajstić information content (AvgIpc) is 3.74. The Bertz CT molecular complexity index is 2840. The molecule has 0 aliphatic heterocycles. The van der Waals surface area contributed by atoms with Gasteiger partial charge in [-0.05, 0) is 82.1 Å². The van der Waals surface area contributed by atoms with Gasteiger partial charge in [-0.3, -0.25) is 0 Å². The number of anilines is 3. The van der Waals surface area contributed by atoms with Crippen LogP contribution in [0.4, 0.5) is 17.1 Å². The topological polar surface area (TPSA) is 29.5 Å². The van der Waals surface area contributed by atoms with Gasteiger partial charge < -0.3 is 13.7 Å². The van der Waals surface area contributed by atoms with Crippen LogP contribution in [0.2, 0.25) is 0 Å². The first kappa shape index (κ1) is 27.5. The van der Waals surface area contributed by atoms with Crippen LogP contribution in [0, 0.1) is 0 Å². The Labute approximate surface area is 282 Å². The maximum atomic E-state index is 6.46. The molecule has 2 aromatic heterocycles. The molecule has 2 heterocycles. The van der Waals surface area contributed by atoms with E-state index in [2.05, 4.69) is 157 Å². The number of furan rings is 2. The zero-order valence-electron chi connectivity index (χ0n) is 26.5. The fraction of sp³-hybridized carbons (Fsp3) is 0. The predicted molar refractivity (Wildman–Crippen MR) is 204 cm³/mol. The molecule has 0 aliphatic rings. The second-order valence-electron chi connectivity index (χ2n) is 12.5. The van der Waals surface area contributed by atoms with Crippen LogP contribution in [-0.2, 0) is 0 Å². The highest BCUT2D eigenvalue weighted by atomic mass is 16.3. The van der Waals surface area contributed by atoms with Gasteiger partial charge in [0.1, 0.15) is 22.3 Å². The molecule has 0 fully saturated rings. The zero-order chi connectivity index (χ0) is 32.3. The molecular formula is C46H29NO2. The molecule has 230 valence electrons. The van der Waals surface area contributed by atoms with E-state index >= 15 is 0 Å². The number of fused-ring (bicyclic) bond motifs is 7. The Balaban J connectivity index is 1.16. The lowest BCUT2D eigenvalue weighted by Gasteiger charge is -2.27. The summed E-state index contributed by atoms with van der Waals surface area (Å²) in [6, 6.07) is 62.1. The lowest BCUT2D eigenvalue weighted by atomic mass is 10.00. The maximum absolute atomic E-state index is 6.46. The first-order valence-electron chi connectivity index (χ1n) is 16.6. The van der Waals surface area contributed by atoms with Crippen molar-refractivity contribution in [2.45, 2.75) is 0 Å². The predicted octanol–water partition coefficient (Wildman–Crippen LogP) is 13.4. The van der Waals surface area contributed by atoms with E-state index in [1.807, 2.05) is 24.3 Å². The SMILES string of the molecule is c1cc(-c2cccc3c2oc2ccccc23)cc(N(c2ccc(-c3ccc4ccccc4c3)cc2)c2cccc3oc4ccccc4c23)c1. The Morgan fingerprint density at radius 2 is 1.04 bits per heavy atom. The minimum absolute atomic E-state index is 0.861. The zero-order valence-corrected chi connectivity index (χ0v) is 26.5. The molecule has 8 aromatic carbocycles. The lowest BCUT2D eigenvalue weighted by molar-refractivity contribution is 0.669. The van der Waals surface area contributed by atoms with Gasteiger partial charge >= 0.3 is 0 Å². The third kappa shape index (κ3) is 4.51. The molecule has 0 radical (unpaired) electrons. The summed E-state index contributed by atoms with van der Waals surface area (Å²) in [6.07, 6.45) is 0. The Morgan fingerprint density at radius 3 is 1.92 bits per heavy atom. The number of hydrogen-bond acceptors (Lipinski definition) is 3. The molecule has 10 aromatic rings. The number of benzene rings is 8. The van der Waals surface area contributed by atoms with Crippen molar-refractivity contribution in [1.82, 2.24) is 0 Å². The van der Waals surface area contributed by atoms with E-state index in [0.29, 0.717) is 0 Å². The number of para-hydroxylation sites is 3. The molecule has 0 amide bonds. The van der Waals surface area contributed by atoms with Crippen LogP contribution in [0.15, 0.2) is 185 Å². The van der Waals surface area contributed by atoms with Gasteiger partial charge in [0.2, 0.25) is 0 Å². The molecule has 0 atom stereocenters. The van der Waals surface area contributed by atoms with Crippen LogP contribution in [-0.4, -0.2) is 0 Å². The van der Waals surface area contributed by atoms with Crippen molar-refractivity contribution in [2.24, 2.45) is 0 Å². The molecule has 0 N–H and O–H groups in total. The van der Waals surface area contributed by atoms with Crippen molar-refractivity contribution >= 4 is 71.7 Å². The first-order valence-corrected chi connectivity index (χ1v) is 16.6. The van der Waals surface area contributed by atoms with Gasteiger partial charge in [0.25, 0.3) is 0 Å². The summed E-state index contributed by atoms with van der Waals surface area (Å²) >= 11 is 0. The van der Waals surface area contributed by atoms with Gasteiger partial charge in [-0.2, -0.15) is 0 Å². The highest BCUT2D eigenvalue weighted by Crippen LogP contribution is 2.45. The van der Waals surface area contributed by atoms with E-state index in [0.717, 1.165) is 72.1 Å². The fourth-order valence-electron chi connectivity index (χ4n) is 7.33. The highest BCUT2D eigenvalue weighted by Gasteiger charge is 2.20. The molecule has 0 bridgehead atoms. The summed E-state index contributed by atoms with van der Waals surface area (Å²) in [6.45, 7) is 0. The van der Waals surface area contributed by atoms with Gasteiger partial charge in [0.05, 0.1) is 11.1 Å². The quantitative estimate of drug-likeness (QED) is 0.190. The van der Waals surface area contributed by atoms with Crippen LogP contribution in [0.5, 0.6) is 0 Å². The van der Waals surface area contributed by atoms with Crippen LogP contribution >= 0.6 is 0 Å². The van der Waals surface area contributed by atoms with Crippen LogP contribution in [0.25, 0.3) is 76.9 Å². The molecule has 3 heteroatoms. The van der Waals surface area contributed by atoms with Crippen molar-refractivity contribution in [3.05, 3.63) is 176 Å². The summed E-state index contributed by atoms with van der Waals surface area (Å²) in [4.78, 5) is 2.34. The summed E-state index contributed by atoms with van der Waals surface area (Å²) in [5.74, 6) is 0. The molecule has 0 aliphatic carbocycles. The second-order valence-corrected chi connectivity index (χ2v) is 12.5. The number of nitrogens with zero attached hydrogens (tertiary/aromatic N) is 1. The molecular weight excluding hydrogens is 599 g/mol. The van der Waals surface area contributed by atoms with Crippen LogP contribution in [0.3, 0.4) is 0 Å². The third-order valence-electron chi connectivity index (χ3n) is 9.65. The van der Waals surface area contributed by atoms with Crippen molar-refractivity contribution in [1.29, 1.82) is 0 Å². The summed E-state index contributed by atoms with van der Waals surface area (Å²) in [5.41, 5.74) is 11.2. The monoisotopic (exact) mass is 627 g/mol.